The van der Waals surface area contributed by atoms with E-state index in [-0.39, 0.29) is 41.8 Å². The molecule has 12 heteroatoms. The first kappa shape index (κ1) is 27.5. The van der Waals surface area contributed by atoms with Gasteiger partial charge in [-0.05, 0) is 60.2 Å². The van der Waals surface area contributed by atoms with E-state index in [0.29, 0.717) is 32.9 Å². The summed E-state index contributed by atoms with van der Waals surface area (Å²) in [6.07, 6.45) is -2.03. The van der Waals surface area contributed by atoms with Crippen LogP contribution in [0.1, 0.15) is 41.7 Å². The maximum atomic E-state index is 13.7. The van der Waals surface area contributed by atoms with Gasteiger partial charge in [0, 0.05) is 46.4 Å². The summed E-state index contributed by atoms with van der Waals surface area (Å²) in [5, 5.41) is 2.90. The molecule has 4 heterocycles. The van der Waals surface area contributed by atoms with Gasteiger partial charge in [0.15, 0.2) is 5.78 Å². The van der Waals surface area contributed by atoms with Crippen LogP contribution in [-0.4, -0.2) is 38.5 Å². The number of fused-ring (bicyclic) bond motifs is 1. The molecule has 0 saturated heterocycles. The number of Topliss-reactive ketones (excluding diaryl/α,β-unsaturated/α-hetero) is 1. The van der Waals surface area contributed by atoms with E-state index in [2.05, 4.69) is 15.3 Å². The van der Waals surface area contributed by atoms with E-state index < -0.39 is 23.7 Å². The van der Waals surface area contributed by atoms with Gasteiger partial charge < -0.3 is 10.2 Å². The fourth-order valence-corrected chi connectivity index (χ4v) is 5.48. The molecule has 0 saturated carbocycles. The number of alkyl halides is 3. The van der Waals surface area contributed by atoms with Crippen molar-refractivity contribution in [2.45, 2.75) is 31.6 Å². The van der Waals surface area contributed by atoms with Crippen LogP contribution in [0.15, 0.2) is 73.1 Å². The summed E-state index contributed by atoms with van der Waals surface area (Å²) in [5.41, 5.74) is 0.651. The van der Waals surface area contributed by atoms with E-state index in [0.717, 1.165) is 23.5 Å². The van der Waals surface area contributed by atoms with Gasteiger partial charge in [0.05, 0.1) is 23.0 Å². The number of amides is 2. The number of carbonyl (C=O) groups excluding carboxylic acids is 3. The minimum atomic E-state index is -4.54. The monoisotopic (exact) mass is 584 g/mol. The standard InChI is InChI=1S/C28H20ClF3N4O3S/c29-18-5-7-21-16(11-18)12-23(37)22(13-19-3-1-2-10-33-19)36(27(21)39)15-20-6-8-24(40-20)26(38)35-25-9-4-17(14-34-25)28(30,31)32/h1-11,14,22H,12-13,15H2,(H,34,35,38)/t22-/m1/s1. The predicted octanol–water partition coefficient (Wildman–Crippen LogP) is 5.84. The lowest BCUT2D eigenvalue weighted by Crippen LogP contribution is -2.44. The Morgan fingerprint density at radius 2 is 1.90 bits per heavy atom. The van der Waals surface area contributed by atoms with Crippen LogP contribution in [0.4, 0.5) is 19.0 Å². The Labute approximate surface area is 235 Å². The Kier molecular flexibility index (Phi) is 7.68. The van der Waals surface area contributed by atoms with Gasteiger partial charge in [-0.25, -0.2) is 4.98 Å². The quantitative estimate of drug-likeness (QED) is 0.307. The van der Waals surface area contributed by atoms with Crippen LogP contribution in [0.3, 0.4) is 0 Å². The summed E-state index contributed by atoms with van der Waals surface area (Å²) in [5.74, 6) is -1.10. The molecule has 0 aliphatic carbocycles. The number of ketones is 1. The van der Waals surface area contributed by atoms with Crippen LogP contribution >= 0.6 is 22.9 Å². The number of hydrogen-bond acceptors (Lipinski definition) is 6. The van der Waals surface area contributed by atoms with Gasteiger partial charge in [-0.1, -0.05) is 17.7 Å². The summed E-state index contributed by atoms with van der Waals surface area (Å²) < 4.78 is 38.4. The van der Waals surface area contributed by atoms with Crippen molar-refractivity contribution >= 4 is 46.4 Å². The number of thiophene rings is 1. The zero-order chi connectivity index (χ0) is 28.4. The largest absolute Gasteiger partial charge is 0.417 e. The van der Waals surface area contributed by atoms with Crippen LogP contribution in [0.25, 0.3) is 0 Å². The third-order valence-electron chi connectivity index (χ3n) is 6.34. The van der Waals surface area contributed by atoms with Gasteiger partial charge >= 0.3 is 6.18 Å². The van der Waals surface area contributed by atoms with Crippen molar-refractivity contribution in [2.24, 2.45) is 0 Å². The normalized spacial score (nSPS) is 15.5. The average molecular weight is 585 g/mol. The number of anilines is 1. The third kappa shape index (κ3) is 6.05. The lowest BCUT2D eigenvalue weighted by Gasteiger charge is -2.29. The molecule has 40 heavy (non-hydrogen) atoms. The number of nitrogens with zero attached hydrogens (tertiary/aromatic N) is 3. The molecule has 0 unspecified atom stereocenters. The molecular weight excluding hydrogens is 565 g/mol. The molecule has 5 rings (SSSR count). The Bertz CT molecular complexity index is 1580. The SMILES string of the molecule is O=C(Nc1ccc(C(F)(F)F)cn1)c1ccc(CN2C(=O)c3ccc(Cl)cc3CC(=O)[C@H]2Cc2ccccn2)s1. The van der Waals surface area contributed by atoms with Crippen molar-refractivity contribution in [3.63, 3.8) is 0 Å². The fourth-order valence-electron chi connectivity index (χ4n) is 4.38. The van der Waals surface area contributed by atoms with Crippen LogP contribution in [0.2, 0.25) is 5.02 Å². The number of pyridine rings is 2. The second kappa shape index (κ2) is 11.2. The lowest BCUT2D eigenvalue weighted by atomic mass is 9.99. The molecule has 204 valence electrons. The molecule has 3 aromatic heterocycles. The van der Waals surface area contributed by atoms with Crippen molar-refractivity contribution in [3.05, 3.63) is 110 Å². The Balaban J connectivity index is 1.39. The van der Waals surface area contributed by atoms with E-state index in [9.17, 15) is 27.6 Å². The molecule has 1 N–H and O–H groups in total. The van der Waals surface area contributed by atoms with Crippen molar-refractivity contribution in [3.8, 4) is 0 Å². The number of rotatable bonds is 6. The summed E-state index contributed by atoms with van der Waals surface area (Å²) in [6, 6.07) is 14.5. The van der Waals surface area contributed by atoms with Crippen LogP contribution in [0, 0.1) is 0 Å². The molecule has 0 spiro atoms. The van der Waals surface area contributed by atoms with Gasteiger partial charge in [0.25, 0.3) is 11.8 Å². The molecule has 1 aromatic carbocycles. The summed E-state index contributed by atoms with van der Waals surface area (Å²) in [6.45, 7) is 0.0562. The van der Waals surface area contributed by atoms with E-state index in [1.54, 1.807) is 54.7 Å². The molecule has 1 aliphatic heterocycles. The first-order chi connectivity index (χ1) is 19.1. The number of carbonyl (C=O) groups is 3. The third-order valence-corrected chi connectivity index (χ3v) is 7.65. The van der Waals surface area contributed by atoms with Crippen molar-refractivity contribution in [2.75, 3.05) is 5.32 Å². The van der Waals surface area contributed by atoms with Crippen LogP contribution < -0.4 is 5.32 Å². The van der Waals surface area contributed by atoms with E-state index in [1.807, 2.05) is 0 Å². The first-order valence-corrected chi connectivity index (χ1v) is 13.2. The topological polar surface area (TPSA) is 92.3 Å². The highest BCUT2D eigenvalue weighted by Crippen LogP contribution is 2.30. The smallest absolute Gasteiger partial charge is 0.323 e. The zero-order valence-electron chi connectivity index (χ0n) is 20.6. The van der Waals surface area contributed by atoms with Crippen LogP contribution in [0.5, 0.6) is 0 Å². The predicted molar refractivity (Wildman–Crippen MR) is 143 cm³/mol. The lowest BCUT2D eigenvalue weighted by molar-refractivity contribution is -0.137. The highest BCUT2D eigenvalue weighted by molar-refractivity contribution is 7.14. The van der Waals surface area contributed by atoms with Gasteiger partial charge in [-0.2, -0.15) is 13.2 Å². The van der Waals surface area contributed by atoms with Crippen molar-refractivity contribution < 1.29 is 27.6 Å². The highest BCUT2D eigenvalue weighted by Gasteiger charge is 2.36. The highest BCUT2D eigenvalue weighted by atomic mass is 35.5. The average Bonchev–Trinajstić information content (AvgIpc) is 3.36. The van der Waals surface area contributed by atoms with Gasteiger partial charge in [-0.15, -0.1) is 11.3 Å². The molecule has 1 atom stereocenters. The van der Waals surface area contributed by atoms with Crippen molar-refractivity contribution in [1.82, 2.24) is 14.9 Å². The minimum absolute atomic E-state index is 0.0352. The molecule has 7 nitrogen and oxygen atoms in total. The minimum Gasteiger partial charge on any atom is -0.323 e. The molecule has 0 fully saturated rings. The molecule has 2 amide bonds. The number of aromatic nitrogens is 2. The van der Waals surface area contributed by atoms with E-state index in [1.165, 1.54) is 4.90 Å². The molecule has 4 aromatic rings. The molecule has 1 aliphatic rings. The number of hydrogen-bond donors (Lipinski definition) is 1. The first-order valence-electron chi connectivity index (χ1n) is 12.0. The van der Waals surface area contributed by atoms with Gasteiger partial charge in [-0.3, -0.25) is 19.4 Å². The van der Waals surface area contributed by atoms with Gasteiger partial charge in [0.1, 0.15) is 5.82 Å². The molecule has 0 bridgehead atoms. The summed E-state index contributed by atoms with van der Waals surface area (Å²) in [7, 11) is 0. The number of halogens is 4. The second-order valence-corrected chi connectivity index (χ2v) is 10.7. The summed E-state index contributed by atoms with van der Waals surface area (Å²) in [4.78, 5) is 50.3. The second-order valence-electron chi connectivity index (χ2n) is 9.07. The number of nitrogens with one attached hydrogen (secondary N) is 1. The van der Waals surface area contributed by atoms with Crippen LogP contribution in [-0.2, 0) is 30.4 Å². The Morgan fingerprint density at radius 3 is 2.60 bits per heavy atom. The number of benzene rings is 1. The fraction of sp³-hybridized carbons (Fsp3) is 0.179. The zero-order valence-corrected chi connectivity index (χ0v) is 22.2. The molecular formula is C28H20ClF3N4O3S. The van der Waals surface area contributed by atoms with E-state index >= 15 is 0 Å². The van der Waals surface area contributed by atoms with Crippen molar-refractivity contribution in [1.29, 1.82) is 0 Å². The molecule has 0 radical (unpaired) electrons. The Morgan fingerprint density at radius 1 is 1.07 bits per heavy atom. The summed E-state index contributed by atoms with van der Waals surface area (Å²) >= 11 is 7.24. The van der Waals surface area contributed by atoms with Gasteiger partial charge in [0.2, 0.25) is 0 Å². The maximum absolute atomic E-state index is 13.7. The van der Waals surface area contributed by atoms with E-state index in [4.69, 9.17) is 11.6 Å². The Hall–Kier alpha value is -4.09. The maximum Gasteiger partial charge on any atom is 0.417 e.